The number of pyridine rings is 1. The summed E-state index contributed by atoms with van der Waals surface area (Å²) in [6.07, 6.45) is 1.63. The van der Waals surface area contributed by atoms with Crippen molar-refractivity contribution in [2.24, 2.45) is 16.3 Å². The van der Waals surface area contributed by atoms with E-state index in [0.29, 0.717) is 41.9 Å². The minimum Gasteiger partial charge on any atom is -0.453 e. The largest absolute Gasteiger partial charge is 0.453 e. The lowest BCUT2D eigenvalue weighted by molar-refractivity contribution is -0.123. The number of hydrogen-bond acceptors (Lipinski definition) is 8. The number of halogens is 3. The number of nitrogens with one attached hydrogen (secondary N) is 3. The standard InChI is InChI=1S/C30H30ClF2N7O4/c1-15-6-4-8-22(36-29(42)27-16(2)40(39-38-27)25-9-5-7-20(31)26(25)33)19-13-23(34-14-21(19)32)18-11-10-17(35-30(43)44-3)12-24(18)37-28(15)41/h5,7,9-16,22,27H,4,6,8H2,1-3H3,(H,35,43)(H,36,42)(H,37,41). The van der Waals surface area contributed by atoms with Crippen LogP contribution in [-0.4, -0.2) is 42.1 Å². The molecule has 4 atom stereocenters. The first-order valence-corrected chi connectivity index (χ1v) is 14.3. The van der Waals surface area contributed by atoms with Crippen LogP contribution in [-0.2, 0) is 14.3 Å². The Bertz CT molecular complexity index is 1640. The van der Waals surface area contributed by atoms with Gasteiger partial charge in [-0.1, -0.05) is 36.2 Å². The van der Waals surface area contributed by atoms with Crippen molar-refractivity contribution in [1.82, 2.24) is 10.3 Å². The number of carbonyl (C=O) groups is 3. The fourth-order valence-electron chi connectivity index (χ4n) is 5.20. The van der Waals surface area contributed by atoms with Crippen molar-refractivity contribution in [2.75, 3.05) is 22.8 Å². The maximum atomic E-state index is 15.4. The summed E-state index contributed by atoms with van der Waals surface area (Å²) in [6.45, 7) is 3.45. The molecule has 2 aliphatic rings. The monoisotopic (exact) mass is 625 g/mol. The van der Waals surface area contributed by atoms with E-state index >= 15 is 4.39 Å². The molecule has 0 saturated carbocycles. The number of ether oxygens (including phenoxy) is 1. The number of nitrogens with zero attached hydrogens (tertiary/aromatic N) is 4. The highest BCUT2D eigenvalue weighted by molar-refractivity contribution is 6.31. The van der Waals surface area contributed by atoms with Crippen molar-refractivity contribution in [2.45, 2.75) is 51.2 Å². The van der Waals surface area contributed by atoms with Crippen LogP contribution >= 0.6 is 11.6 Å². The summed E-state index contributed by atoms with van der Waals surface area (Å²) in [4.78, 5) is 42.6. The topological polar surface area (TPSA) is 137 Å². The Labute approximate surface area is 257 Å². The molecule has 0 spiro atoms. The number of carbonyl (C=O) groups excluding carboxylic acids is 3. The molecule has 0 aliphatic carbocycles. The molecule has 3 N–H and O–H groups in total. The molecular weight excluding hydrogens is 596 g/mol. The van der Waals surface area contributed by atoms with Crippen LogP contribution in [0.5, 0.6) is 0 Å². The third-order valence-corrected chi connectivity index (χ3v) is 7.99. The van der Waals surface area contributed by atoms with Gasteiger partial charge in [-0.05, 0) is 56.2 Å². The molecule has 44 heavy (non-hydrogen) atoms. The van der Waals surface area contributed by atoms with E-state index < -0.39 is 47.7 Å². The average molecular weight is 626 g/mol. The third-order valence-electron chi connectivity index (χ3n) is 7.70. The van der Waals surface area contributed by atoms with Gasteiger partial charge in [-0.3, -0.25) is 19.9 Å². The van der Waals surface area contributed by atoms with Crippen molar-refractivity contribution in [3.8, 4) is 11.3 Å². The fourth-order valence-corrected chi connectivity index (χ4v) is 5.36. The maximum Gasteiger partial charge on any atom is 0.411 e. The van der Waals surface area contributed by atoms with Crippen LogP contribution in [0.25, 0.3) is 11.3 Å². The second kappa shape index (κ2) is 12.9. The van der Waals surface area contributed by atoms with Crippen molar-refractivity contribution in [3.63, 3.8) is 0 Å². The number of methoxy groups -OCH3 is 1. The first kappa shape index (κ1) is 30.8. The molecule has 5 rings (SSSR count). The number of amides is 3. The SMILES string of the molecule is COC(=O)Nc1ccc2c(c1)NC(=O)C(C)CCCC(NC(=O)C1N=NN(c3cccc(Cl)c3F)C1C)c1cc-2ncc1F. The van der Waals surface area contributed by atoms with Gasteiger partial charge in [0, 0.05) is 22.7 Å². The number of hydrogen-bond donors (Lipinski definition) is 3. The first-order valence-electron chi connectivity index (χ1n) is 14.0. The van der Waals surface area contributed by atoms with E-state index in [1.54, 1.807) is 38.1 Å². The number of fused-ring (bicyclic) bond motifs is 4. The number of aromatic nitrogens is 1. The van der Waals surface area contributed by atoms with Gasteiger partial charge in [0.1, 0.15) is 5.82 Å². The molecule has 3 amide bonds. The molecule has 1 aromatic heterocycles. The van der Waals surface area contributed by atoms with Gasteiger partial charge in [0.25, 0.3) is 0 Å². The van der Waals surface area contributed by atoms with Gasteiger partial charge in [0.15, 0.2) is 11.9 Å². The van der Waals surface area contributed by atoms with Crippen LogP contribution in [0.4, 0.5) is 30.6 Å². The molecule has 3 heterocycles. The molecule has 4 unspecified atom stereocenters. The average Bonchev–Trinajstić information content (AvgIpc) is 3.38. The van der Waals surface area contributed by atoms with Gasteiger partial charge in [-0.25, -0.2) is 18.6 Å². The summed E-state index contributed by atoms with van der Waals surface area (Å²) in [5, 5.41) is 17.7. The highest BCUT2D eigenvalue weighted by Crippen LogP contribution is 2.35. The maximum absolute atomic E-state index is 15.4. The van der Waals surface area contributed by atoms with Gasteiger partial charge in [0.2, 0.25) is 11.8 Å². The van der Waals surface area contributed by atoms with E-state index in [1.165, 1.54) is 30.3 Å². The molecule has 0 fully saturated rings. The van der Waals surface area contributed by atoms with Crippen LogP contribution in [0, 0.1) is 17.6 Å². The molecule has 2 aliphatic heterocycles. The van der Waals surface area contributed by atoms with E-state index in [-0.39, 0.29) is 22.2 Å². The van der Waals surface area contributed by atoms with E-state index in [2.05, 4.69) is 36.0 Å². The summed E-state index contributed by atoms with van der Waals surface area (Å²) in [6, 6.07) is 8.33. The van der Waals surface area contributed by atoms with Crippen LogP contribution < -0.4 is 21.0 Å². The van der Waals surface area contributed by atoms with Crippen LogP contribution in [0.3, 0.4) is 0 Å². The molecule has 230 valence electrons. The van der Waals surface area contributed by atoms with Gasteiger partial charge >= 0.3 is 6.09 Å². The zero-order valence-electron chi connectivity index (χ0n) is 24.1. The zero-order valence-corrected chi connectivity index (χ0v) is 24.9. The van der Waals surface area contributed by atoms with Crippen LogP contribution in [0.15, 0.2) is 59.0 Å². The number of benzene rings is 2. The van der Waals surface area contributed by atoms with Gasteiger partial charge in [-0.2, -0.15) is 5.11 Å². The normalized spacial score (nSPS) is 21.4. The Morgan fingerprint density at radius 2 is 1.93 bits per heavy atom. The van der Waals surface area contributed by atoms with Crippen LogP contribution in [0.2, 0.25) is 5.02 Å². The quantitative estimate of drug-likeness (QED) is 0.306. The lowest BCUT2D eigenvalue weighted by Gasteiger charge is -2.26. The lowest BCUT2D eigenvalue weighted by Crippen LogP contribution is -2.44. The van der Waals surface area contributed by atoms with E-state index in [9.17, 15) is 18.8 Å². The lowest BCUT2D eigenvalue weighted by atomic mass is 9.94. The van der Waals surface area contributed by atoms with Gasteiger partial charge < -0.3 is 15.4 Å². The van der Waals surface area contributed by atoms with E-state index in [4.69, 9.17) is 11.6 Å². The molecule has 3 aromatic rings. The van der Waals surface area contributed by atoms with Crippen molar-refractivity contribution < 1.29 is 27.9 Å². The molecule has 2 bridgehead atoms. The minimum absolute atomic E-state index is 0.0794. The molecular formula is C30H30ClF2N7O4. The molecule has 11 nitrogen and oxygen atoms in total. The van der Waals surface area contributed by atoms with Crippen molar-refractivity contribution in [1.29, 1.82) is 0 Å². The first-order chi connectivity index (χ1) is 21.1. The van der Waals surface area contributed by atoms with Gasteiger partial charge in [-0.15, -0.1) is 0 Å². The second-order valence-corrected chi connectivity index (χ2v) is 11.1. The second-order valence-electron chi connectivity index (χ2n) is 10.7. The van der Waals surface area contributed by atoms with Gasteiger partial charge in [0.05, 0.1) is 47.5 Å². The predicted octanol–water partition coefficient (Wildman–Crippen LogP) is 6.42. The smallest absolute Gasteiger partial charge is 0.411 e. The minimum atomic E-state index is -1.01. The molecule has 0 radical (unpaired) electrons. The fraction of sp³-hybridized carbons (Fsp3) is 0.333. The highest BCUT2D eigenvalue weighted by Gasteiger charge is 2.38. The summed E-state index contributed by atoms with van der Waals surface area (Å²) in [7, 11) is 1.23. The summed E-state index contributed by atoms with van der Waals surface area (Å²) in [5.74, 6) is -2.50. The number of anilines is 3. The Morgan fingerprint density at radius 1 is 1.14 bits per heavy atom. The summed E-state index contributed by atoms with van der Waals surface area (Å²) in [5.41, 5.74) is 1.82. The molecule has 2 aromatic carbocycles. The van der Waals surface area contributed by atoms with Crippen molar-refractivity contribution in [3.05, 3.63) is 70.9 Å². The highest BCUT2D eigenvalue weighted by atomic mass is 35.5. The van der Waals surface area contributed by atoms with E-state index in [1.807, 2.05) is 0 Å². The predicted molar refractivity (Wildman–Crippen MR) is 160 cm³/mol. The zero-order chi connectivity index (χ0) is 31.5. The van der Waals surface area contributed by atoms with E-state index in [0.717, 1.165) is 6.20 Å². The number of rotatable bonds is 4. The Morgan fingerprint density at radius 3 is 2.70 bits per heavy atom. The third kappa shape index (κ3) is 6.32. The molecule has 0 saturated heterocycles. The Kier molecular flexibility index (Phi) is 9.04. The Hall–Kier alpha value is -4.65. The van der Waals surface area contributed by atoms with Crippen LogP contribution in [0.1, 0.15) is 44.7 Å². The Balaban J connectivity index is 1.46. The summed E-state index contributed by atoms with van der Waals surface area (Å²) >= 11 is 5.93. The van der Waals surface area contributed by atoms with Crippen molar-refractivity contribution >= 4 is 46.6 Å². The molecule has 14 heteroatoms. The summed E-state index contributed by atoms with van der Waals surface area (Å²) < 4.78 is 34.7.